The maximum atomic E-state index is 13.6. The zero-order valence-corrected chi connectivity index (χ0v) is 15.5. The van der Waals surface area contributed by atoms with Crippen LogP contribution in [0.15, 0.2) is 53.4 Å². The van der Waals surface area contributed by atoms with E-state index in [0.717, 1.165) is 0 Å². The zero-order valence-electron chi connectivity index (χ0n) is 14.7. The summed E-state index contributed by atoms with van der Waals surface area (Å²) in [6.45, 7) is 0.924. The number of hydrogen-bond donors (Lipinski definition) is 2. The first-order valence-corrected chi connectivity index (χ1v) is 9.54. The summed E-state index contributed by atoms with van der Waals surface area (Å²) in [5, 5.41) is 2.61. The number of hydrogen-bond acceptors (Lipinski definition) is 4. The van der Waals surface area contributed by atoms with Crippen molar-refractivity contribution in [1.29, 1.82) is 0 Å². The molecule has 2 aromatic rings. The normalized spacial score (nSPS) is 11.5. The molecule has 0 aromatic heterocycles. The number of nitrogens with zero attached hydrogens (tertiary/aromatic N) is 1. The van der Waals surface area contributed by atoms with Crippen molar-refractivity contribution >= 4 is 15.9 Å². The van der Waals surface area contributed by atoms with E-state index in [2.05, 4.69) is 10.0 Å². The molecule has 1 amide bonds. The zero-order chi connectivity index (χ0) is 19.2. The molecule has 0 saturated heterocycles. The van der Waals surface area contributed by atoms with Gasteiger partial charge in [-0.2, -0.15) is 0 Å². The molecule has 0 aliphatic rings. The first-order chi connectivity index (χ1) is 12.3. The first-order valence-electron chi connectivity index (χ1n) is 8.05. The lowest BCUT2D eigenvalue weighted by molar-refractivity contribution is 0.0950. The van der Waals surface area contributed by atoms with Gasteiger partial charge in [0.05, 0.1) is 4.90 Å². The van der Waals surface area contributed by atoms with E-state index >= 15 is 0 Å². The van der Waals surface area contributed by atoms with Crippen molar-refractivity contribution in [2.45, 2.75) is 11.4 Å². The van der Waals surface area contributed by atoms with Crippen molar-refractivity contribution in [3.63, 3.8) is 0 Å². The number of nitrogens with one attached hydrogen (secondary N) is 2. The van der Waals surface area contributed by atoms with E-state index in [4.69, 9.17) is 0 Å². The summed E-state index contributed by atoms with van der Waals surface area (Å²) in [6.07, 6.45) is 0. The highest BCUT2D eigenvalue weighted by Crippen LogP contribution is 2.11. The van der Waals surface area contributed by atoms with E-state index in [0.29, 0.717) is 24.2 Å². The summed E-state index contributed by atoms with van der Waals surface area (Å²) in [5.41, 5.74) is 0.679. The third-order valence-electron chi connectivity index (χ3n) is 3.68. The first kappa shape index (κ1) is 20.0. The average molecular weight is 379 g/mol. The third-order valence-corrected chi connectivity index (χ3v) is 5.15. The van der Waals surface area contributed by atoms with E-state index in [-0.39, 0.29) is 11.4 Å². The third kappa shape index (κ3) is 5.62. The number of rotatable bonds is 8. The van der Waals surface area contributed by atoms with Gasteiger partial charge in [-0.3, -0.25) is 4.79 Å². The highest BCUT2D eigenvalue weighted by molar-refractivity contribution is 7.89. The molecule has 0 heterocycles. The summed E-state index contributed by atoms with van der Waals surface area (Å²) >= 11 is 0. The van der Waals surface area contributed by atoms with Crippen LogP contribution in [-0.4, -0.2) is 46.4 Å². The summed E-state index contributed by atoms with van der Waals surface area (Å²) in [7, 11) is 0.0832. The molecule has 0 saturated carbocycles. The Morgan fingerprint density at radius 1 is 1.08 bits per heavy atom. The molecule has 140 valence electrons. The molecular formula is C18H22FN3O3S. The van der Waals surface area contributed by atoms with Gasteiger partial charge >= 0.3 is 0 Å². The van der Waals surface area contributed by atoms with Crippen LogP contribution in [0.5, 0.6) is 0 Å². The van der Waals surface area contributed by atoms with Gasteiger partial charge < -0.3 is 10.2 Å². The predicted octanol–water partition coefficient (Wildman–Crippen LogP) is 1.60. The van der Waals surface area contributed by atoms with Crippen LogP contribution in [0.25, 0.3) is 0 Å². The number of likely N-dealkylation sites (N-methyl/N-ethyl adjacent to an activating group) is 1. The van der Waals surface area contributed by atoms with E-state index in [1.54, 1.807) is 18.2 Å². The molecule has 0 spiro atoms. The molecule has 0 unspecified atom stereocenters. The summed E-state index contributed by atoms with van der Waals surface area (Å²) in [6, 6.07) is 11.8. The minimum Gasteiger partial charge on any atom is -0.348 e. The second-order valence-electron chi connectivity index (χ2n) is 6.00. The van der Waals surface area contributed by atoms with E-state index in [1.165, 1.54) is 30.3 Å². The maximum Gasteiger partial charge on any atom is 0.251 e. The van der Waals surface area contributed by atoms with Crippen LogP contribution in [0, 0.1) is 5.82 Å². The molecule has 0 fully saturated rings. The number of carbonyl (C=O) groups is 1. The summed E-state index contributed by atoms with van der Waals surface area (Å²) in [4.78, 5) is 14.1. The largest absolute Gasteiger partial charge is 0.348 e. The van der Waals surface area contributed by atoms with Gasteiger partial charge in [0, 0.05) is 30.8 Å². The molecule has 0 radical (unpaired) electrons. The van der Waals surface area contributed by atoms with Crippen LogP contribution < -0.4 is 10.0 Å². The van der Waals surface area contributed by atoms with E-state index in [1.807, 2.05) is 19.0 Å². The minimum atomic E-state index is -3.62. The lowest BCUT2D eigenvalue weighted by Crippen LogP contribution is -2.31. The monoisotopic (exact) mass is 379 g/mol. The van der Waals surface area contributed by atoms with Crippen LogP contribution in [0.1, 0.15) is 15.9 Å². The van der Waals surface area contributed by atoms with Crippen LogP contribution in [0.3, 0.4) is 0 Å². The van der Waals surface area contributed by atoms with Crippen molar-refractivity contribution < 1.29 is 17.6 Å². The van der Waals surface area contributed by atoms with Gasteiger partial charge in [-0.25, -0.2) is 17.5 Å². The Balaban J connectivity index is 1.97. The molecule has 6 nitrogen and oxygen atoms in total. The summed E-state index contributed by atoms with van der Waals surface area (Å²) < 4.78 is 40.4. The number of amides is 1. The highest BCUT2D eigenvalue weighted by atomic mass is 32.2. The van der Waals surface area contributed by atoms with Crippen LogP contribution in [0.4, 0.5) is 4.39 Å². The van der Waals surface area contributed by atoms with Gasteiger partial charge in [0.15, 0.2) is 0 Å². The SMILES string of the molecule is CN(C)CCNS(=O)(=O)c1ccc(C(=O)NCc2ccccc2F)cc1. The fraction of sp³-hybridized carbons (Fsp3) is 0.278. The van der Waals surface area contributed by atoms with Gasteiger partial charge in [0.1, 0.15) is 5.82 Å². The Morgan fingerprint density at radius 2 is 1.73 bits per heavy atom. The molecule has 2 N–H and O–H groups in total. The topological polar surface area (TPSA) is 78.5 Å². The average Bonchev–Trinajstić information content (AvgIpc) is 2.60. The molecular weight excluding hydrogens is 357 g/mol. The summed E-state index contributed by atoms with van der Waals surface area (Å²) in [5.74, 6) is -0.796. The van der Waals surface area contributed by atoms with E-state index < -0.39 is 21.7 Å². The minimum absolute atomic E-state index is 0.0532. The van der Waals surface area contributed by atoms with Crippen LogP contribution >= 0.6 is 0 Å². The van der Waals surface area contributed by atoms with Gasteiger partial charge in [-0.1, -0.05) is 18.2 Å². The van der Waals surface area contributed by atoms with Gasteiger partial charge in [0.25, 0.3) is 5.91 Å². The highest BCUT2D eigenvalue weighted by Gasteiger charge is 2.14. The molecule has 0 bridgehead atoms. The van der Waals surface area contributed by atoms with Crippen molar-refractivity contribution in [3.05, 3.63) is 65.5 Å². The second-order valence-corrected chi connectivity index (χ2v) is 7.77. The molecule has 0 atom stereocenters. The Labute approximate surface area is 153 Å². The number of carbonyl (C=O) groups excluding carboxylic acids is 1. The second kappa shape index (κ2) is 8.88. The molecule has 2 aromatic carbocycles. The predicted molar refractivity (Wildman–Crippen MR) is 97.8 cm³/mol. The number of halogens is 1. The Hall–Kier alpha value is -2.29. The Morgan fingerprint density at radius 3 is 2.35 bits per heavy atom. The van der Waals surface area contributed by atoms with Crippen molar-refractivity contribution in [2.24, 2.45) is 0 Å². The van der Waals surface area contributed by atoms with Crippen molar-refractivity contribution in [3.8, 4) is 0 Å². The van der Waals surface area contributed by atoms with E-state index in [9.17, 15) is 17.6 Å². The standard InChI is InChI=1S/C18H22FN3O3S/c1-22(2)12-11-21-26(24,25)16-9-7-14(8-10-16)18(23)20-13-15-5-3-4-6-17(15)19/h3-10,21H,11-13H2,1-2H3,(H,20,23). The number of sulfonamides is 1. The van der Waals surface area contributed by atoms with Crippen molar-refractivity contribution in [2.75, 3.05) is 27.2 Å². The molecule has 26 heavy (non-hydrogen) atoms. The van der Waals surface area contributed by atoms with Crippen molar-refractivity contribution in [1.82, 2.24) is 14.9 Å². The van der Waals surface area contributed by atoms with Gasteiger partial charge in [-0.05, 0) is 44.4 Å². The molecule has 0 aliphatic heterocycles. The maximum absolute atomic E-state index is 13.6. The van der Waals surface area contributed by atoms with Gasteiger partial charge in [-0.15, -0.1) is 0 Å². The Bertz CT molecular complexity index is 852. The molecule has 8 heteroatoms. The smallest absolute Gasteiger partial charge is 0.251 e. The van der Waals surface area contributed by atoms with Gasteiger partial charge in [0.2, 0.25) is 10.0 Å². The lowest BCUT2D eigenvalue weighted by atomic mass is 10.2. The Kier molecular flexibility index (Phi) is 6.84. The van der Waals surface area contributed by atoms with Crippen LogP contribution in [-0.2, 0) is 16.6 Å². The molecule has 0 aliphatic carbocycles. The fourth-order valence-corrected chi connectivity index (χ4v) is 3.21. The lowest BCUT2D eigenvalue weighted by Gasteiger charge is -2.11. The number of benzene rings is 2. The molecule has 2 rings (SSSR count). The quantitative estimate of drug-likeness (QED) is 0.730. The fourth-order valence-electron chi connectivity index (χ4n) is 2.19. The van der Waals surface area contributed by atoms with Crippen LogP contribution in [0.2, 0.25) is 0 Å².